The lowest BCUT2D eigenvalue weighted by molar-refractivity contribution is 0.669. The van der Waals surface area contributed by atoms with Crippen LogP contribution in [-0.4, -0.2) is 8.07 Å². The lowest BCUT2D eigenvalue weighted by Crippen LogP contribution is -2.49. The molecule has 45 heavy (non-hydrogen) atoms. The molecule has 0 saturated heterocycles. The molecule has 214 valence electrons. The number of benzene rings is 7. The molecule has 7 aromatic carbocycles. The Bertz CT molecular complexity index is 2400. The minimum Gasteiger partial charge on any atom is -0.456 e. The molecular weight excluding hydrogens is 563 g/mol. The predicted octanol–water partition coefficient (Wildman–Crippen LogP) is 10.7. The Morgan fingerprint density at radius 3 is 1.96 bits per heavy atom. The van der Waals surface area contributed by atoms with Crippen LogP contribution in [-0.2, 0) is 0 Å². The van der Waals surface area contributed by atoms with E-state index < -0.39 is 8.07 Å². The van der Waals surface area contributed by atoms with Gasteiger partial charge >= 0.3 is 0 Å². The second-order valence-electron chi connectivity index (χ2n) is 12.6. The van der Waals surface area contributed by atoms with Crippen molar-refractivity contribution < 1.29 is 4.42 Å². The minimum atomic E-state index is -1.99. The van der Waals surface area contributed by atoms with E-state index in [0.29, 0.717) is 0 Å². The molecule has 0 radical (unpaired) electrons. The molecule has 0 aliphatic carbocycles. The van der Waals surface area contributed by atoms with Crippen LogP contribution in [0.15, 0.2) is 156 Å². The highest BCUT2D eigenvalue weighted by atomic mass is 28.3. The maximum absolute atomic E-state index is 6.31. The van der Waals surface area contributed by atoms with Gasteiger partial charge in [0.05, 0.1) is 0 Å². The Kier molecular flexibility index (Phi) is 5.68. The number of fused-ring (bicyclic) bond motifs is 7. The molecule has 2 heterocycles. The van der Waals surface area contributed by atoms with Crippen LogP contribution in [0.1, 0.15) is 0 Å². The summed E-state index contributed by atoms with van der Waals surface area (Å²) in [5.74, 6) is 0. The monoisotopic (exact) mass is 593 g/mol. The predicted molar refractivity (Wildman–Crippen MR) is 194 cm³/mol. The van der Waals surface area contributed by atoms with E-state index in [1.807, 2.05) is 6.07 Å². The fraction of sp³-hybridized carbons (Fsp3) is 0.0476. The van der Waals surface area contributed by atoms with E-state index in [9.17, 15) is 0 Å². The first-order valence-electron chi connectivity index (χ1n) is 15.6. The quantitative estimate of drug-likeness (QED) is 0.189. The van der Waals surface area contributed by atoms with Crippen molar-refractivity contribution in [1.82, 2.24) is 0 Å². The van der Waals surface area contributed by atoms with Crippen molar-refractivity contribution in [3.63, 3.8) is 0 Å². The number of furan rings is 1. The molecule has 0 atom stereocenters. The zero-order valence-electron chi connectivity index (χ0n) is 25.3. The van der Waals surface area contributed by atoms with Crippen LogP contribution in [0.3, 0.4) is 0 Å². The maximum atomic E-state index is 6.31. The summed E-state index contributed by atoms with van der Waals surface area (Å²) in [7, 11) is -1.99. The van der Waals surface area contributed by atoms with Gasteiger partial charge in [-0.25, -0.2) is 0 Å². The van der Waals surface area contributed by atoms with E-state index >= 15 is 0 Å². The number of para-hydroxylation sites is 2. The Hall–Kier alpha value is -5.38. The second kappa shape index (κ2) is 9.81. The lowest BCUT2D eigenvalue weighted by Gasteiger charge is -2.27. The smallest absolute Gasteiger partial charge is 0.136 e. The largest absolute Gasteiger partial charge is 0.456 e. The fourth-order valence-electron chi connectivity index (χ4n) is 7.37. The first kappa shape index (κ1) is 26.1. The van der Waals surface area contributed by atoms with Crippen molar-refractivity contribution in [3.05, 3.63) is 152 Å². The Balaban J connectivity index is 1.16. The zero-order valence-corrected chi connectivity index (χ0v) is 26.3. The molecule has 2 nitrogen and oxygen atoms in total. The molecule has 0 bridgehead atoms. The highest BCUT2D eigenvalue weighted by molar-refractivity contribution is 7.04. The van der Waals surface area contributed by atoms with Crippen LogP contribution in [0.2, 0.25) is 13.1 Å². The van der Waals surface area contributed by atoms with E-state index in [0.717, 1.165) is 22.5 Å². The molecule has 0 spiro atoms. The van der Waals surface area contributed by atoms with Crippen molar-refractivity contribution in [1.29, 1.82) is 0 Å². The van der Waals surface area contributed by atoms with Crippen LogP contribution in [0.5, 0.6) is 0 Å². The molecule has 1 aliphatic rings. The first-order valence-corrected chi connectivity index (χ1v) is 18.6. The van der Waals surface area contributed by atoms with Gasteiger partial charge in [-0.3, -0.25) is 0 Å². The van der Waals surface area contributed by atoms with E-state index in [4.69, 9.17) is 4.42 Å². The van der Waals surface area contributed by atoms with Gasteiger partial charge in [-0.15, -0.1) is 0 Å². The van der Waals surface area contributed by atoms with Gasteiger partial charge in [0.25, 0.3) is 0 Å². The van der Waals surface area contributed by atoms with Crippen LogP contribution in [0.25, 0.3) is 55.0 Å². The summed E-state index contributed by atoms with van der Waals surface area (Å²) in [4.78, 5) is 2.39. The highest BCUT2D eigenvalue weighted by Crippen LogP contribution is 2.40. The van der Waals surface area contributed by atoms with Gasteiger partial charge in [-0.1, -0.05) is 116 Å². The van der Waals surface area contributed by atoms with Gasteiger partial charge in [-0.2, -0.15) is 0 Å². The topological polar surface area (TPSA) is 16.4 Å². The molecule has 0 fully saturated rings. The third kappa shape index (κ3) is 4.01. The Labute approximate surface area is 263 Å². The number of nitrogens with zero attached hydrogens (tertiary/aromatic N) is 1. The van der Waals surface area contributed by atoms with E-state index in [-0.39, 0.29) is 0 Å². The summed E-state index contributed by atoms with van der Waals surface area (Å²) in [6.07, 6.45) is 0. The first-order chi connectivity index (χ1) is 22.1. The van der Waals surface area contributed by atoms with Crippen LogP contribution in [0, 0.1) is 0 Å². The number of rotatable bonds is 4. The summed E-state index contributed by atoms with van der Waals surface area (Å²) in [5.41, 5.74) is 10.5. The van der Waals surface area contributed by atoms with Gasteiger partial charge in [0.2, 0.25) is 0 Å². The van der Waals surface area contributed by atoms with Crippen LogP contribution < -0.4 is 15.3 Å². The van der Waals surface area contributed by atoms with E-state index in [1.165, 1.54) is 59.9 Å². The summed E-state index contributed by atoms with van der Waals surface area (Å²) >= 11 is 0. The molecule has 8 aromatic rings. The molecule has 0 amide bonds. The van der Waals surface area contributed by atoms with Crippen LogP contribution in [0.4, 0.5) is 17.1 Å². The Morgan fingerprint density at radius 1 is 0.444 bits per heavy atom. The molecule has 3 heteroatoms. The average molecular weight is 594 g/mol. The number of anilines is 3. The summed E-state index contributed by atoms with van der Waals surface area (Å²) in [6.45, 7) is 4.97. The van der Waals surface area contributed by atoms with Crippen LogP contribution >= 0.6 is 0 Å². The molecule has 0 N–H and O–H groups in total. The van der Waals surface area contributed by atoms with Gasteiger partial charge in [0.15, 0.2) is 0 Å². The zero-order chi connectivity index (χ0) is 30.1. The molecule has 0 saturated carbocycles. The SMILES string of the molecule is C[Si]1(C)c2cc(N(c3ccccc3)c3ccc(-c4cccc5ccccc45)cc3)ccc2-c2cc3oc4ccccc4c3cc21. The lowest BCUT2D eigenvalue weighted by atomic mass is 9.98. The van der Waals surface area contributed by atoms with Gasteiger partial charge in [0.1, 0.15) is 19.2 Å². The maximum Gasteiger partial charge on any atom is 0.136 e. The number of hydrogen-bond acceptors (Lipinski definition) is 2. The van der Waals surface area contributed by atoms with Gasteiger partial charge < -0.3 is 9.32 Å². The molecule has 0 unspecified atom stereocenters. The average Bonchev–Trinajstić information content (AvgIpc) is 3.56. The van der Waals surface area contributed by atoms with Gasteiger partial charge in [0, 0.05) is 27.8 Å². The van der Waals surface area contributed by atoms with Crippen molar-refractivity contribution >= 4 is 68.2 Å². The standard InChI is InChI=1S/C42H31NOSi/c1-45(2)41-25-32(23-24-36(41)38-26-40-37(27-42(38)45)35-16-8-9-18-39(35)44-40)43(30-13-4-3-5-14-30)31-21-19-29(20-22-31)34-17-10-12-28-11-6-7-15-33(28)34/h3-27H,1-2H3. The highest BCUT2D eigenvalue weighted by Gasteiger charge is 2.38. The van der Waals surface area contributed by atoms with E-state index in [2.05, 4.69) is 164 Å². The second-order valence-corrected chi connectivity index (χ2v) is 16.9. The van der Waals surface area contributed by atoms with Crippen molar-refractivity contribution in [2.75, 3.05) is 4.90 Å². The summed E-state index contributed by atoms with van der Waals surface area (Å²) < 4.78 is 6.31. The fourth-order valence-corrected chi connectivity index (χ4v) is 10.4. The van der Waals surface area contributed by atoms with Crippen molar-refractivity contribution in [2.45, 2.75) is 13.1 Å². The van der Waals surface area contributed by atoms with E-state index in [1.54, 1.807) is 0 Å². The van der Waals surface area contributed by atoms with Crippen molar-refractivity contribution in [3.8, 4) is 22.3 Å². The molecule has 1 aromatic heterocycles. The molecule has 9 rings (SSSR count). The third-order valence-electron chi connectivity index (χ3n) is 9.66. The normalized spacial score (nSPS) is 13.3. The van der Waals surface area contributed by atoms with Crippen molar-refractivity contribution in [2.24, 2.45) is 0 Å². The summed E-state index contributed by atoms with van der Waals surface area (Å²) in [6, 6.07) is 55.1. The third-order valence-corrected chi connectivity index (χ3v) is 13.2. The minimum absolute atomic E-state index is 0.955. The molecule has 1 aliphatic heterocycles. The number of hydrogen-bond donors (Lipinski definition) is 0. The van der Waals surface area contributed by atoms with Gasteiger partial charge in [-0.05, 0) is 91.9 Å². The molecular formula is C42H31NOSi. The summed E-state index contributed by atoms with van der Waals surface area (Å²) in [5, 5.41) is 7.91. The Morgan fingerprint density at radius 2 is 1.11 bits per heavy atom.